The van der Waals surface area contributed by atoms with Crippen LogP contribution in [0.3, 0.4) is 0 Å². The van der Waals surface area contributed by atoms with Crippen LogP contribution >= 0.6 is 22.9 Å². The second kappa shape index (κ2) is 15.7. The molecule has 8 heteroatoms. The average Bonchev–Trinajstić information content (AvgIpc) is 3.17. The minimum atomic E-state index is 0.537. The number of halogens is 1. The molecule has 0 saturated heterocycles. The molecule has 3 aromatic rings. The number of pyridine rings is 1. The van der Waals surface area contributed by atoms with E-state index in [1.807, 2.05) is 65.1 Å². The first-order chi connectivity index (χ1) is 16.3. The number of anilines is 1. The molecule has 1 aromatic carbocycles. The van der Waals surface area contributed by atoms with E-state index in [2.05, 4.69) is 39.4 Å². The van der Waals surface area contributed by atoms with E-state index >= 15 is 0 Å². The second-order valence-corrected chi connectivity index (χ2v) is 8.79. The summed E-state index contributed by atoms with van der Waals surface area (Å²) in [5.74, 6) is 1.29. The van der Waals surface area contributed by atoms with Gasteiger partial charge in [0.15, 0.2) is 12.1 Å². The van der Waals surface area contributed by atoms with Crippen LogP contribution in [-0.2, 0) is 0 Å². The van der Waals surface area contributed by atoms with Gasteiger partial charge in [-0.1, -0.05) is 50.1 Å². The molecule has 0 aliphatic rings. The third kappa shape index (κ3) is 9.85. The molecular formula is C26H34ClN5OS. The van der Waals surface area contributed by atoms with Gasteiger partial charge in [-0.05, 0) is 52.0 Å². The zero-order chi connectivity index (χ0) is 25.5. The maximum absolute atomic E-state index is 10.6. The van der Waals surface area contributed by atoms with Gasteiger partial charge in [0.25, 0.3) is 0 Å². The number of nitrogens with one attached hydrogen (secondary N) is 2. The number of hydrogen-bond acceptors (Lipinski definition) is 6. The van der Waals surface area contributed by atoms with E-state index in [0.29, 0.717) is 11.4 Å². The van der Waals surface area contributed by atoms with Gasteiger partial charge in [0, 0.05) is 18.8 Å². The van der Waals surface area contributed by atoms with E-state index in [0.717, 1.165) is 44.1 Å². The van der Waals surface area contributed by atoms with Crippen LogP contribution in [0.4, 0.5) is 11.5 Å². The number of carbonyl (C=O) groups excluding carboxylic acids is 1. The maximum atomic E-state index is 10.6. The summed E-state index contributed by atoms with van der Waals surface area (Å²) in [6.45, 7) is 12.1. The van der Waals surface area contributed by atoms with Gasteiger partial charge in [-0.15, -0.1) is 11.3 Å². The Morgan fingerprint density at radius 3 is 2.29 bits per heavy atom. The normalized spacial score (nSPS) is 10.9. The number of thiazole rings is 1. The van der Waals surface area contributed by atoms with Crippen molar-refractivity contribution in [2.24, 2.45) is 4.99 Å². The van der Waals surface area contributed by atoms with Crippen molar-refractivity contribution >= 4 is 52.3 Å². The molecule has 2 aromatic heterocycles. The molecule has 2 heterocycles. The summed E-state index contributed by atoms with van der Waals surface area (Å²) in [5.41, 5.74) is 3.49. The maximum Gasteiger partial charge on any atom is 0.153 e. The van der Waals surface area contributed by atoms with Crippen LogP contribution in [0.15, 0.2) is 53.7 Å². The summed E-state index contributed by atoms with van der Waals surface area (Å²) in [4.78, 5) is 24.7. The number of aliphatic imine (C=N–C) groups is 1. The summed E-state index contributed by atoms with van der Waals surface area (Å²) in [6.07, 6.45) is 5.52. The number of carbonyl (C=O) groups is 1. The monoisotopic (exact) mass is 499 g/mol. The Labute approximate surface area is 212 Å². The second-order valence-electron chi connectivity index (χ2n) is 7.18. The molecule has 0 aliphatic carbocycles. The number of rotatable bonds is 5. The van der Waals surface area contributed by atoms with Crippen molar-refractivity contribution in [1.29, 1.82) is 0 Å². The predicted octanol–water partition coefficient (Wildman–Crippen LogP) is 7.47. The molecule has 182 valence electrons. The van der Waals surface area contributed by atoms with Gasteiger partial charge in [0.1, 0.15) is 5.84 Å². The highest BCUT2D eigenvalue weighted by Gasteiger charge is 2.10. The van der Waals surface area contributed by atoms with Crippen molar-refractivity contribution in [1.82, 2.24) is 15.3 Å². The van der Waals surface area contributed by atoms with Crippen molar-refractivity contribution in [3.63, 3.8) is 0 Å². The van der Waals surface area contributed by atoms with Gasteiger partial charge < -0.3 is 10.6 Å². The molecule has 0 radical (unpaired) electrons. The molecule has 0 spiro atoms. The fourth-order valence-electron chi connectivity index (χ4n) is 2.63. The highest BCUT2D eigenvalue weighted by molar-refractivity contribution is 7.12. The lowest BCUT2D eigenvalue weighted by Gasteiger charge is -2.09. The van der Waals surface area contributed by atoms with Crippen LogP contribution in [0.25, 0.3) is 5.70 Å². The summed E-state index contributed by atoms with van der Waals surface area (Å²) < 4.78 is 0. The van der Waals surface area contributed by atoms with Gasteiger partial charge in [0.05, 0.1) is 32.0 Å². The highest BCUT2D eigenvalue weighted by atomic mass is 35.5. The van der Waals surface area contributed by atoms with Crippen LogP contribution in [0.1, 0.15) is 60.1 Å². The number of aryl methyl sites for hydroxylation is 2. The number of para-hydroxylation sites is 1. The SMILES string of the molecule is C/C=C(\NC(C)=Nc1ccc(C=O)cn1)c1sc(C)nc1C.CCC.CNc1ccccc1Cl. The molecule has 0 unspecified atom stereocenters. The number of amidine groups is 1. The van der Waals surface area contributed by atoms with E-state index in [4.69, 9.17) is 11.6 Å². The third-order valence-electron chi connectivity index (χ3n) is 4.08. The standard InChI is InChI=1S/C16H18N4OS.C7H8ClN.C3H8/c1-5-14(16-10(2)18-12(4)22-16)19-11(3)20-15-7-6-13(9-21)8-17-15;1-9-7-5-3-2-4-6(7)8;1-3-2/h5-9H,1-4H3,(H,17,19,20);2-5,9H,1H3;3H2,1-2H3/b14-5-;;. The smallest absolute Gasteiger partial charge is 0.153 e. The van der Waals surface area contributed by atoms with Gasteiger partial charge in [-0.25, -0.2) is 15.0 Å². The average molecular weight is 500 g/mol. The molecule has 0 bridgehead atoms. The summed E-state index contributed by atoms with van der Waals surface area (Å²) in [6, 6.07) is 11.0. The molecule has 34 heavy (non-hydrogen) atoms. The Bertz CT molecular complexity index is 1090. The molecule has 0 atom stereocenters. The van der Waals surface area contributed by atoms with Gasteiger partial charge in [-0.3, -0.25) is 4.79 Å². The fourth-order valence-corrected chi connectivity index (χ4v) is 3.81. The lowest BCUT2D eigenvalue weighted by atomic mass is 10.3. The van der Waals surface area contributed by atoms with Crippen molar-refractivity contribution in [3.8, 4) is 0 Å². The summed E-state index contributed by atoms with van der Waals surface area (Å²) >= 11 is 7.41. The lowest BCUT2D eigenvalue weighted by molar-refractivity contribution is 0.112. The summed E-state index contributed by atoms with van der Waals surface area (Å²) in [7, 11) is 1.85. The quantitative estimate of drug-likeness (QED) is 0.216. The van der Waals surface area contributed by atoms with Crippen molar-refractivity contribution < 1.29 is 4.79 Å². The first-order valence-electron chi connectivity index (χ1n) is 11.1. The van der Waals surface area contributed by atoms with E-state index < -0.39 is 0 Å². The Balaban J connectivity index is 0.000000398. The number of aldehydes is 1. The first kappa shape index (κ1) is 29.0. The molecular weight excluding hydrogens is 466 g/mol. The van der Waals surface area contributed by atoms with E-state index in [-0.39, 0.29) is 0 Å². The molecule has 2 N–H and O–H groups in total. The van der Waals surface area contributed by atoms with Crippen LogP contribution in [0.2, 0.25) is 5.02 Å². The molecule has 0 saturated carbocycles. The lowest BCUT2D eigenvalue weighted by Crippen LogP contribution is -2.18. The molecule has 3 rings (SSSR count). The van der Waals surface area contributed by atoms with Crippen molar-refractivity contribution in [3.05, 3.63) is 74.8 Å². The van der Waals surface area contributed by atoms with E-state index in [1.165, 1.54) is 12.6 Å². The minimum Gasteiger partial charge on any atom is -0.387 e. The number of hydrogen-bond donors (Lipinski definition) is 2. The van der Waals surface area contributed by atoms with Crippen LogP contribution < -0.4 is 10.6 Å². The molecule has 0 amide bonds. The number of benzene rings is 1. The third-order valence-corrected chi connectivity index (χ3v) is 5.52. The minimum absolute atomic E-state index is 0.537. The Hall–Kier alpha value is -3.03. The largest absolute Gasteiger partial charge is 0.387 e. The molecule has 0 fully saturated rings. The van der Waals surface area contributed by atoms with Crippen molar-refractivity contribution in [2.75, 3.05) is 12.4 Å². The molecule has 6 nitrogen and oxygen atoms in total. The van der Waals surface area contributed by atoms with Crippen LogP contribution in [0.5, 0.6) is 0 Å². The fraction of sp³-hybridized carbons (Fsp3) is 0.308. The van der Waals surface area contributed by atoms with Crippen molar-refractivity contribution in [2.45, 2.75) is 48.0 Å². The van der Waals surface area contributed by atoms with Gasteiger partial charge >= 0.3 is 0 Å². The first-order valence-corrected chi connectivity index (χ1v) is 12.2. The number of aromatic nitrogens is 2. The topological polar surface area (TPSA) is 79.3 Å². The number of nitrogens with zero attached hydrogens (tertiary/aromatic N) is 3. The number of allylic oxidation sites excluding steroid dienone is 1. The zero-order valence-corrected chi connectivity index (χ0v) is 22.5. The predicted molar refractivity (Wildman–Crippen MR) is 148 cm³/mol. The zero-order valence-electron chi connectivity index (χ0n) is 20.9. The van der Waals surface area contributed by atoms with Crippen LogP contribution in [-0.4, -0.2) is 29.1 Å². The highest BCUT2D eigenvalue weighted by Crippen LogP contribution is 2.24. The van der Waals surface area contributed by atoms with E-state index in [1.54, 1.807) is 23.5 Å². The molecule has 0 aliphatic heterocycles. The Kier molecular flexibility index (Phi) is 13.4. The van der Waals surface area contributed by atoms with Gasteiger partial charge in [-0.2, -0.15) is 0 Å². The summed E-state index contributed by atoms with van der Waals surface area (Å²) in [5, 5.41) is 8.05. The Morgan fingerprint density at radius 1 is 1.18 bits per heavy atom. The Morgan fingerprint density at radius 2 is 1.85 bits per heavy atom. The van der Waals surface area contributed by atoms with Crippen LogP contribution in [0, 0.1) is 13.8 Å². The van der Waals surface area contributed by atoms with Gasteiger partial charge in [0.2, 0.25) is 0 Å². The van der Waals surface area contributed by atoms with E-state index in [9.17, 15) is 4.79 Å².